The van der Waals surface area contributed by atoms with Crippen molar-refractivity contribution in [1.29, 1.82) is 0 Å². The number of hydrogen-bond acceptors (Lipinski definition) is 4. The molecule has 9 heteroatoms. The number of nitrogens with two attached hydrogens (primary N) is 1. The second-order valence-corrected chi connectivity index (χ2v) is 8.73. The number of morpholine rings is 1. The molecule has 2 rings (SSSR count). The summed E-state index contributed by atoms with van der Waals surface area (Å²) in [6.07, 6.45) is 5.78. The van der Waals surface area contributed by atoms with Gasteiger partial charge in [-0.3, -0.25) is 4.99 Å². The first kappa shape index (κ1) is 21.9. The standard InChI is InChI=1S/C15H30N4O3S.HI/c1-12-10-19(11-13(2)22-12)23(20,21)9-8-17-15(16)18-14-6-4-3-5-7-14;/h12-14H,3-11H2,1-2H3,(H3,16,17,18);1H. The fourth-order valence-corrected chi connectivity index (χ4v) is 4.72. The van der Waals surface area contributed by atoms with Gasteiger partial charge in [-0.1, -0.05) is 19.3 Å². The second kappa shape index (κ2) is 10.1. The number of guanidine groups is 1. The first-order valence-electron chi connectivity index (χ1n) is 8.56. The van der Waals surface area contributed by atoms with Crippen LogP contribution in [0.5, 0.6) is 0 Å². The van der Waals surface area contributed by atoms with Crippen molar-refractivity contribution in [2.75, 3.05) is 25.4 Å². The molecule has 2 atom stereocenters. The Morgan fingerprint density at radius 2 is 1.79 bits per heavy atom. The average Bonchev–Trinajstić information content (AvgIpc) is 2.47. The van der Waals surface area contributed by atoms with Crippen molar-refractivity contribution in [2.24, 2.45) is 10.7 Å². The molecule has 0 radical (unpaired) electrons. The topological polar surface area (TPSA) is 97.0 Å². The number of rotatable bonds is 5. The molecule has 0 bridgehead atoms. The van der Waals surface area contributed by atoms with Crippen LogP contribution in [0.1, 0.15) is 46.0 Å². The maximum absolute atomic E-state index is 12.4. The Bertz CT molecular complexity index is 499. The zero-order chi connectivity index (χ0) is 16.9. The van der Waals surface area contributed by atoms with E-state index < -0.39 is 10.0 Å². The van der Waals surface area contributed by atoms with E-state index in [4.69, 9.17) is 10.5 Å². The number of sulfonamides is 1. The molecule has 0 amide bonds. The molecule has 2 unspecified atom stereocenters. The van der Waals surface area contributed by atoms with Crippen molar-refractivity contribution in [2.45, 2.75) is 64.2 Å². The molecule has 2 aliphatic rings. The summed E-state index contributed by atoms with van der Waals surface area (Å²) in [4.78, 5) is 4.18. The highest BCUT2D eigenvalue weighted by atomic mass is 127. The summed E-state index contributed by atoms with van der Waals surface area (Å²) in [6.45, 7) is 4.79. The Morgan fingerprint density at radius 3 is 2.38 bits per heavy atom. The molecule has 7 nitrogen and oxygen atoms in total. The third kappa shape index (κ3) is 7.01. The van der Waals surface area contributed by atoms with Gasteiger partial charge in [0.05, 0.1) is 24.5 Å². The van der Waals surface area contributed by atoms with Gasteiger partial charge in [0.2, 0.25) is 10.0 Å². The Balaban J connectivity index is 0.00000288. The highest BCUT2D eigenvalue weighted by Crippen LogP contribution is 2.17. The number of halogens is 1. The fraction of sp³-hybridized carbons (Fsp3) is 0.933. The Morgan fingerprint density at radius 1 is 1.21 bits per heavy atom. The summed E-state index contributed by atoms with van der Waals surface area (Å²) < 4.78 is 31.9. The zero-order valence-electron chi connectivity index (χ0n) is 14.6. The monoisotopic (exact) mass is 474 g/mol. The number of nitrogens with zero attached hydrogens (tertiary/aromatic N) is 2. The number of aliphatic imine (C=N–C) groups is 1. The molecule has 24 heavy (non-hydrogen) atoms. The molecule has 1 aliphatic heterocycles. The first-order valence-corrected chi connectivity index (χ1v) is 10.2. The lowest BCUT2D eigenvalue weighted by Gasteiger charge is -2.34. The Hall–Kier alpha value is -0.130. The predicted molar refractivity (Wildman–Crippen MR) is 107 cm³/mol. The van der Waals surface area contributed by atoms with Crippen molar-refractivity contribution < 1.29 is 13.2 Å². The van der Waals surface area contributed by atoms with Crippen LogP contribution in [0.4, 0.5) is 0 Å². The van der Waals surface area contributed by atoms with Crippen LogP contribution in [0.25, 0.3) is 0 Å². The lowest BCUT2D eigenvalue weighted by molar-refractivity contribution is -0.0440. The number of ether oxygens (including phenoxy) is 1. The van der Waals surface area contributed by atoms with Crippen molar-refractivity contribution in [1.82, 2.24) is 9.62 Å². The van der Waals surface area contributed by atoms with Gasteiger partial charge in [0, 0.05) is 19.1 Å². The van der Waals surface area contributed by atoms with E-state index in [1.807, 2.05) is 13.8 Å². The van der Waals surface area contributed by atoms with Crippen LogP contribution in [-0.2, 0) is 14.8 Å². The van der Waals surface area contributed by atoms with Gasteiger partial charge >= 0.3 is 0 Å². The van der Waals surface area contributed by atoms with E-state index in [0.717, 1.165) is 12.8 Å². The van der Waals surface area contributed by atoms with Crippen molar-refractivity contribution in [3.05, 3.63) is 0 Å². The molecular formula is C15H31IN4O3S. The predicted octanol–water partition coefficient (Wildman–Crippen LogP) is 1.28. The van der Waals surface area contributed by atoms with Crippen LogP contribution in [0.2, 0.25) is 0 Å². The third-order valence-corrected chi connectivity index (χ3v) is 6.15. The molecule has 0 aromatic heterocycles. The summed E-state index contributed by atoms with van der Waals surface area (Å²) in [7, 11) is -3.32. The molecule has 1 saturated heterocycles. The van der Waals surface area contributed by atoms with E-state index in [1.54, 1.807) is 0 Å². The first-order chi connectivity index (χ1) is 10.9. The van der Waals surface area contributed by atoms with Crippen molar-refractivity contribution >= 4 is 40.0 Å². The van der Waals surface area contributed by atoms with Gasteiger partial charge in [-0.15, -0.1) is 24.0 Å². The van der Waals surface area contributed by atoms with Gasteiger partial charge < -0.3 is 15.8 Å². The van der Waals surface area contributed by atoms with Crippen LogP contribution in [0.15, 0.2) is 4.99 Å². The third-order valence-electron chi connectivity index (χ3n) is 4.37. The molecule has 0 spiro atoms. The summed E-state index contributed by atoms with van der Waals surface area (Å²) in [5, 5.41) is 3.20. The quantitative estimate of drug-likeness (QED) is 0.356. The van der Waals surface area contributed by atoms with E-state index in [2.05, 4.69) is 10.3 Å². The molecule has 0 aromatic rings. The van der Waals surface area contributed by atoms with Gasteiger partial charge in [-0.2, -0.15) is 4.31 Å². The van der Waals surface area contributed by atoms with Crippen LogP contribution >= 0.6 is 24.0 Å². The lowest BCUT2D eigenvalue weighted by Crippen LogP contribution is -2.49. The molecule has 3 N–H and O–H groups in total. The smallest absolute Gasteiger partial charge is 0.216 e. The van der Waals surface area contributed by atoms with E-state index in [1.165, 1.54) is 23.6 Å². The van der Waals surface area contributed by atoms with Gasteiger partial charge in [-0.05, 0) is 26.7 Å². The van der Waals surface area contributed by atoms with E-state index in [9.17, 15) is 8.42 Å². The summed E-state index contributed by atoms with van der Waals surface area (Å²) >= 11 is 0. The van der Waals surface area contributed by atoms with Crippen LogP contribution in [0.3, 0.4) is 0 Å². The molecule has 0 aromatic carbocycles. The fourth-order valence-electron chi connectivity index (χ4n) is 3.27. The minimum atomic E-state index is -3.32. The van der Waals surface area contributed by atoms with E-state index >= 15 is 0 Å². The van der Waals surface area contributed by atoms with Gasteiger partial charge in [0.25, 0.3) is 0 Å². The highest BCUT2D eigenvalue weighted by Gasteiger charge is 2.30. The molecule has 1 heterocycles. The van der Waals surface area contributed by atoms with Gasteiger partial charge in [0.1, 0.15) is 0 Å². The highest BCUT2D eigenvalue weighted by molar-refractivity contribution is 14.0. The molecule has 142 valence electrons. The largest absolute Gasteiger partial charge is 0.373 e. The molecule has 2 fully saturated rings. The van der Waals surface area contributed by atoms with Crippen molar-refractivity contribution in [3.63, 3.8) is 0 Å². The number of nitrogens with one attached hydrogen (secondary N) is 1. The molecule has 1 saturated carbocycles. The average molecular weight is 474 g/mol. The second-order valence-electron chi connectivity index (χ2n) is 6.64. The van der Waals surface area contributed by atoms with Gasteiger partial charge in [-0.25, -0.2) is 8.42 Å². The Kier molecular flexibility index (Phi) is 9.24. The zero-order valence-corrected chi connectivity index (χ0v) is 17.8. The molecular weight excluding hydrogens is 443 g/mol. The summed E-state index contributed by atoms with van der Waals surface area (Å²) in [6, 6.07) is 0.380. The van der Waals surface area contributed by atoms with Crippen LogP contribution < -0.4 is 11.1 Å². The van der Waals surface area contributed by atoms with E-state index in [0.29, 0.717) is 25.1 Å². The van der Waals surface area contributed by atoms with Gasteiger partial charge in [0.15, 0.2) is 5.96 Å². The van der Waals surface area contributed by atoms with Crippen LogP contribution in [0, 0.1) is 0 Å². The maximum Gasteiger partial charge on any atom is 0.216 e. The maximum atomic E-state index is 12.4. The minimum absolute atomic E-state index is 0. The Labute approximate surface area is 162 Å². The normalized spacial score (nSPS) is 27.5. The lowest BCUT2D eigenvalue weighted by atomic mass is 9.96. The van der Waals surface area contributed by atoms with Crippen LogP contribution in [-0.4, -0.2) is 62.3 Å². The number of hydrogen-bond donors (Lipinski definition) is 2. The summed E-state index contributed by atoms with van der Waals surface area (Å²) in [5.74, 6) is 0.343. The summed E-state index contributed by atoms with van der Waals surface area (Å²) in [5.41, 5.74) is 5.87. The SMILES string of the molecule is CC1CN(S(=O)(=O)CCN=C(N)NC2CCCCC2)CC(C)O1.I. The van der Waals surface area contributed by atoms with Crippen molar-refractivity contribution in [3.8, 4) is 0 Å². The molecule has 1 aliphatic carbocycles. The van der Waals surface area contributed by atoms with E-state index in [-0.39, 0.29) is 48.5 Å². The minimum Gasteiger partial charge on any atom is -0.373 e.